The number of nitrogens with two attached hydrogens (primary N) is 1. The van der Waals surface area contributed by atoms with Gasteiger partial charge in [0.25, 0.3) is 0 Å². The number of thiophene rings is 1. The van der Waals surface area contributed by atoms with Crippen LogP contribution in [0.25, 0.3) is 0 Å². The van der Waals surface area contributed by atoms with Crippen LogP contribution in [0.2, 0.25) is 0 Å². The van der Waals surface area contributed by atoms with Gasteiger partial charge >= 0.3 is 0 Å². The summed E-state index contributed by atoms with van der Waals surface area (Å²) in [6.45, 7) is 0. The van der Waals surface area contributed by atoms with E-state index in [1.165, 1.54) is 14.2 Å². The quantitative estimate of drug-likeness (QED) is 0.843. The van der Waals surface area contributed by atoms with Gasteiger partial charge in [0.1, 0.15) is 0 Å². The molecule has 0 radical (unpaired) electrons. The van der Waals surface area contributed by atoms with Crippen molar-refractivity contribution in [3.63, 3.8) is 0 Å². The zero-order chi connectivity index (χ0) is 12.3. The fraction of sp³-hybridized carbons (Fsp3) is 0.231. The van der Waals surface area contributed by atoms with Crippen molar-refractivity contribution >= 4 is 43.2 Å². The van der Waals surface area contributed by atoms with Gasteiger partial charge in [-0.1, -0.05) is 28.1 Å². The predicted octanol–water partition coefficient (Wildman–Crippen LogP) is 4.39. The first kappa shape index (κ1) is 13.3. The number of benzene rings is 1. The van der Waals surface area contributed by atoms with E-state index in [4.69, 9.17) is 5.73 Å². The van der Waals surface area contributed by atoms with Crippen molar-refractivity contribution in [2.75, 3.05) is 0 Å². The molecule has 0 fully saturated rings. The van der Waals surface area contributed by atoms with Crippen molar-refractivity contribution in [3.05, 3.63) is 55.1 Å². The van der Waals surface area contributed by atoms with Crippen LogP contribution in [-0.2, 0) is 12.8 Å². The van der Waals surface area contributed by atoms with Crippen LogP contribution in [0.4, 0.5) is 0 Å². The van der Waals surface area contributed by atoms with Gasteiger partial charge in [0.15, 0.2) is 0 Å². The van der Waals surface area contributed by atoms with E-state index in [-0.39, 0.29) is 6.04 Å². The van der Waals surface area contributed by atoms with Crippen molar-refractivity contribution < 1.29 is 0 Å². The van der Waals surface area contributed by atoms with E-state index in [0.717, 1.165) is 17.3 Å². The molecule has 0 spiro atoms. The minimum atomic E-state index is 0.182. The average Bonchev–Trinajstić information content (AvgIpc) is 2.67. The molecule has 0 aliphatic rings. The van der Waals surface area contributed by atoms with E-state index in [2.05, 4.69) is 68.3 Å². The second-order valence-electron chi connectivity index (χ2n) is 4.00. The predicted molar refractivity (Wildman–Crippen MR) is 81.5 cm³/mol. The molecule has 0 aliphatic carbocycles. The molecule has 1 atom stereocenters. The highest BCUT2D eigenvalue weighted by atomic mass is 79.9. The lowest BCUT2D eigenvalue weighted by Gasteiger charge is -2.10. The highest BCUT2D eigenvalue weighted by Gasteiger charge is 2.07. The van der Waals surface area contributed by atoms with E-state index in [1.807, 2.05) is 0 Å². The molecule has 0 amide bonds. The topological polar surface area (TPSA) is 26.0 Å². The monoisotopic (exact) mass is 373 g/mol. The van der Waals surface area contributed by atoms with Gasteiger partial charge in [-0.2, -0.15) is 0 Å². The Morgan fingerprint density at radius 1 is 1.00 bits per heavy atom. The summed E-state index contributed by atoms with van der Waals surface area (Å²) in [5.74, 6) is 0. The van der Waals surface area contributed by atoms with Gasteiger partial charge < -0.3 is 5.73 Å². The van der Waals surface area contributed by atoms with Crippen LogP contribution in [0.3, 0.4) is 0 Å². The molecule has 1 unspecified atom stereocenters. The van der Waals surface area contributed by atoms with Gasteiger partial charge in [0.05, 0.1) is 3.79 Å². The maximum Gasteiger partial charge on any atom is 0.0701 e. The van der Waals surface area contributed by atoms with Crippen LogP contribution in [0.15, 0.2) is 44.7 Å². The Kier molecular flexibility index (Phi) is 4.79. The molecule has 0 saturated carbocycles. The van der Waals surface area contributed by atoms with E-state index >= 15 is 0 Å². The Morgan fingerprint density at radius 2 is 1.71 bits per heavy atom. The summed E-state index contributed by atoms with van der Waals surface area (Å²) in [5, 5.41) is 0. The van der Waals surface area contributed by atoms with Crippen LogP contribution < -0.4 is 5.73 Å². The molecule has 0 saturated heterocycles. The molecule has 0 bridgehead atoms. The molecule has 1 heterocycles. The second kappa shape index (κ2) is 6.14. The van der Waals surface area contributed by atoms with Crippen LogP contribution in [0.1, 0.15) is 10.4 Å². The van der Waals surface area contributed by atoms with Crippen molar-refractivity contribution in [3.8, 4) is 0 Å². The molecule has 2 rings (SSSR count). The normalized spacial score (nSPS) is 12.6. The van der Waals surface area contributed by atoms with Gasteiger partial charge in [-0.15, -0.1) is 11.3 Å². The van der Waals surface area contributed by atoms with Gasteiger partial charge in [0.2, 0.25) is 0 Å². The molecule has 1 aromatic heterocycles. The Morgan fingerprint density at radius 3 is 2.29 bits per heavy atom. The lowest BCUT2D eigenvalue weighted by atomic mass is 10.0. The minimum Gasteiger partial charge on any atom is -0.327 e. The third-order valence-electron chi connectivity index (χ3n) is 2.50. The first-order valence-corrected chi connectivity index (χ1v) is 7.78. The highest BCUT2D eigenvalue weighted by molar-refractivity contribution is 9.11. The maximum atomic E-state index is 6.16. The van der Waals surface area contributed by atoms with Crippen LogP contribution in [0, 0.1) is 0 Å². The molecule has 90 valence electrons. The first-order chi connectivity index (χ1) is 8.13. The highest BCUT2D eigenvalue weighted by Crippen LogP contribution is 2.23. The molecular weight excluding hydrogens is 362 g/mol. The maximum absolute atomic E-state index is 6.16. The molecule has 1 nitrogen and oxygen atoms in total. The summed E-state index contributed by atoms with van der Waals surface area (Å²) in [5.41, 5.74) is 7.45. The largest absolute Gasteiger partial charge is 0.327 e. The number of hydrogen-bond donors (Lipinski definition) is 1. The second-order valence-corrected chi connectivity index (χ2v) is 7.46. The number of rotatable bonds is 4. The SMILES string of the molecule is NC(Cc1ccc(Br)cc1)Cc1ccc(Br)s1. The lowest BCUT2D eigenvalue weighted by molar-refractivity contribution is 0.671. The van der Waals surface area contributed by atoms with Crippen LogP contribution in [-0.4, -0.2) is 6.04 Å². The molecule has 4 heteroatoms. The average molecular weight is 375 g/mol. The molecule has 2 N–H and O–H groups in total. The van der Waals surface area contributed by atoms with E-state index in [0.29, 0.717) is 0 Å². The fourth-order valence-electron chi connectivity index (χ4n) is 1.72. The summed E-state index contributed by atoms with van der Waals surface area (Å²) in [6.07, 6.45) is 1.86. The Labute approximate surface area is 122 Å². The standard InChI is InChI=1S/C13H13Br2NS/c14-10-3-1-9(2-4-10)7-11(16)8-12-5-6-13(15)17-12/h1-6,11H,7-8,16H2. The summed E-state index contributed by atoms with van der Waals surface area (Å²) < 4.78 is 2.28. The third-order valence-corrected chi connectivity index (χ3v) is 4.68. The Hall–Kier alpha value is -0.160. The third kappa shape index (κ3) is 4.21. The van der Waals surface area contributed by atoms with Crippen LogP contribution in [0.5, 0.6) is 0 Å². The molecule has 0 aliphatic heterocycles. The Balaban J connectivity index is 1.93. The summed E-state index contributed by atoms with van der Waals surface area (Å²) in [7, 11) is 0. The zero-order valence-electron chi connectivity index (χ0n) is 9.20. The zero-order valence-corrected chi connectivity index (χ0v) is 13.2. The van der Waals surface area contributed by atoms with Gasteiger partial charge in [0, 0.05) is 15.4 Å². The van der Waals surface area contributed by atoms with E-state index in [1.54, 1.807) is 11.3 Å². The smallest absolute Gasteiger partial charge is 0.0701 e. The van der Waals surface area contributed by atoms with Crippen molar-refractivity contribution in [2.45, 2.75) is 18.9 Å². The summed E-state index contributed by atoms with van der Waals surface area (Å²) in [4.78, 5) is 1.33. The minimum absolute atomic E-state index is 0.182. The van der Waals surface area contributed by atoms with Crippen molar-refractivity contribution in [2.24, 2.45) is 5.73 Å². The summed E-state index contributed by atoms with van der Waals surface area (Å²) >= 11 is 8.66. The summed E-state index contributed by atoms with van der Waals surface area (Å²) in [6, 6.07) is 12.8. The van der Waals surface area contributed by atoms with Gasteiger partial charge in [-0.3, -0.25) is 0 Å². The van der Waals surface area contributed by atoms with Gasteiger partial charge in [-0.25, -0.2) is 0 Å². The molecule has 2 aromatic rings. The van der Waals surface area contributed by atoms with E-state index in [9.17, 15) is 0 Å². The molecule has 17 heavy (non-hydrogen) atoms. The van der Waals surface area contributed by atoms with Crippen molar-refractivity contribution in [1.82, 2.24) is 0 Å². The van der Waals surface area contributed by atoms with E-state index < -0.39 is 0 Å². The Bertz CT molecular complexity index is 478. The van der Waals surface area contributed by atoms with Crippen LogP contribution >= 0.6 is 43.2 Å². The lowest BCUT2D eigenvalue weighted by Crippen LogP contribution is -2.25. The van der Waals surface area contributed by atoms with Gasteiger partial charge in [-0.05, 0) is 58.6 Å². The fourth-order valence-corrected chi connectivity index (χ4v) is 3.56. The van der Waals surface area contributed by atoms with Crippen molar-refractivity contribution in [1.29, 1.82) is 0 Å². The molecular formula is C13H13Br2NS. The number of halogens is 2. The molecule has 1 aromatic carbocycles. The number of hydrogen-bond acceptors (Lipinski definition) is 2. The first-order valence-electron chi connectivity index (χ1n) is 5.38.